The first-order valence-corrected chi connectivity index (χ1v) is 5.38. The minimum absolute atomic E-state index is 0.0512. The van der Waals surface area contributed by atoms with Crippen molar-refractivity contribution < 1.29 is 24.5 Å². The molecule has 88 valence electrons. The number of ether oxygens (including phenoxy) is 2. The van der Waals surface area contributed by atoms with E-state index in [1.807, 2.05) is 0 Å². The number of epoxide rings is 1. The van der Waals surface area contributed by atoms with Gasteiger partial charge in [0.2, 0.25) is 0 Å². The van der Waals surface area contributed by atoms with Crippen LogP contribution >= 0.6 is 0 Å². The molecule has 16 heavy (non-hydrogen) atoms. The third-order valence-corrected chi connectivity index (χ3v) is 3.28. The van der Waals surface area contributed by atoms with E-state index in [1.165, 1.54) is 0 Å². The summed E-state index contributed by atoms with van der Waals surface area (Å²) < 4.78 is 10.8. The van der Waals surface area contributed by atoms with Crippen molar-refractivity contribution >= 4 is 5.78 Å². The summed E-state index contributed by atoms with van der Waals surface area (Å²) in [6, 6.07) is 0. The minimum atomic E-state index is -1.15. The molecule has 1 saturated heterocycles. The van der Waals surface area contributed by atoms with Gasteiger partial charge in [0.15, 0.2) is 5.78 Å². The highest BCUT2D eigenvalue weighted by Crippen LogP contribution is 2.46. The number of Topliss-reactive ketones (excluding diaryl/α,β-unsaturated/α-hetero) is 1. The zero-order valence-electron chi connectivity index (χ0n) is 9.14. The van der Waals surface area contributed by atoms with Gasteiger partial charge in [-0.3, -0.25) is 4.79 Å². The highest BCUT2D eigenvalue weighted by atomic mass is 16.6. The summed E-state index contributed by atoms with van der Waals surface area (Å²) in [6.07, 6.45) is -2.69. The minimum Gasteiger partial charge on any atom is -0.488 e. The van der Waals surface area contributed by atoms with Crippen molar-refractivity contribution in [1.29, 1.82) is 0 Å². The van der Waals surface area contributed by atoms with Gasteiger partial charge in [-0.2, -0.15) is 0 Å². The van der Waals surface area contributed by atoms with Gasteiger partial charge in [0.25, 0.3) is 0 Å². The molecule has 2 heterocycles. The molecule has 1 aliphatic carbocycles. The van der Waals surface area contributed by atoms with Gasteiger partial charge in [0.05, 0.1) is 12.0 Å². The first-order chi connectivity index (χ1) is 7.41. The van der Waals surface area contributed by atoms with E-state index in [0.29, 0.717) is 5.57 Å². The second-order valence-corrected chi connectivity index (χ2v) is 5.20. The maximum atomic E-state index is 11.9. The van der Waals surface area contributed by atoms with Crippen molar-refractivity contribution in [3.63, 3.8) is 0 Å². The van der Waals surface area contributed by atoms with Crippen LogP contribution in [0.5, 0.6) is 0 Å². The fourth-order valence-electron chi connectivity index (χ4n) is 2.48. The number of carbonyl (C=O) groups excluding carboxylic acids is 1. The number of aliphatic hydroxyl groups excluding tert-OH is 2. The molecule has 0 spiro atoms. The number of carbonyl (C=O) groups is 1. The standard InChI is InChI=1S/C11H14O5/c1-11(2)3-4(12)5-8(16-11)6(13)7(14)10-9(5)15-10/h6-7,9-10,13-14H,3H2,1-2H3. The molecular weight excluding hydrogens is 212 g/mol. The summed E-state index contributed by atoms with van der Waals surface area (Å²) in [4.78, 5) is 11.9. The van der Waals surface area contributed by atoms with Crippen LogP contribution in [-0.2, 0) is 14.3 Å². The van der Waals surface area contributed by atoms with Crippen LogP contribution in [0, 0.1) is 0 Å². The maximum Gasteiger partial charge on any atom is 0.169 e. The van der Waals surface area contributed by atoms with Crippen molar-refractivity contribution in [3.8, 4) is 0 Å². The van der Waals surface area contributed by atoms with Crippen LogP contribution in [0.2, 0.25) is 0 Å². The lowest BCUT2D eigenvalue weighted by molar-refractivity contribution is -0.127. The number of hydrogen-bond donors (Lipinski definition) is 2. The van der Waals surface area contributed by atoms with Gasteiger partial charge in [0.1, 0.15) is 35.8 Å². The normalized spacial score (nSPS) is 44.6. The first kappa shape index (κ1) is 10.3. The average Bonchev–Trinajstić information content (AvgIpc) is 2.91. The largest absolute Gasteiger partial charge is 0.488 e. The number of rotatable bonds is 0. The second kappa shape index (κ2) is 2.85. The fraction of sp³-hybridized carbons (Fsp3) is 0.727. The average molecular weight is 226 g/mol. The molecule has 2 N–H and O–H groups in total. The summed E-state index contributed by atoms with van der Waals surface area (Å²) in [7, 11) is 0. The van der Waals surface area contributed by atoms with Gasteiger partial charge in [0, 0.05) is 0 Å². The summed E-state index contributed by atoms with van der Waals surface area (Å²) in [5.74, 6) is 0.150. The molecule has 0 aromatic rings. The summed E-state index contributed by atoms with van der Waals surface area (Å²) >= 11 is 0. The Hall–Kier alpha value is -0.910. The van der Waals surface area contributed by atoms with Gasteiger partial charge in [-0.25, -0.2) is 0 Å². The topological polar surface area (TPSA) is 79.3 Å². The van der Waals surface area contributed by atoms with Gasteiger partial charge in [-0.1, -0.05) is 0 Å². The van der Waals surface area contributed by atoms with Crippen LogP contribution in [0.15, 0.2) is 11.3 Å². The SMILES string of the molecule is CC1(C)CC(=O)C2=C(O1)C(O)C(O)C1OC21. The Labute approximate surface area is 92.7 Å². The Balaban J connectivity index is 2.05. The number of aliphatic hydroxyl groups is 2. The van der Waals surface area contributed by atoms with Gasteiger partial charge < -0.3 is 19.7 Å². The quantitative estimate of drug-likeness (QED) is 0.545. The van der Waals surface area contributed by atoms with Crippen LogP contribution in [0.1, 0.15) is 20.3 Å². The predicted molar refractivity (Wildman–Crippen MR) is 52.5 cm³/mol. The Morgan fingerprint density at radius 3 is 2.75 bits per heavy atom. The summed E-state index contributed by atoms with van der Waals surface area (Å²) in [6.45, 7) is 3.57. The molecule has 1 fully saturated rings. The molecule has 5 nitrogen and oxygen atoms in total. The summed E-state index contributed by atoms with van der Waals surface area (Å²) in [5.41, 5.74) is -0.208. The van der Waals surface area contributed by atoms with E-state index in [-0.39, 0.29) is 24.1 Å². The molecule has 2 aliphatic heterocycles. The Bertz CT molecular complexity index is 397. The molecule has 4 unspecified atom stereocenters. The molecule has 0 bridgehead atoms. The Kier molecular flexibility index (Phi) is 1.83. The first-order valence-electron chi connectivity index (χ1n) is 5.38. The number of fused-ring (bicyclic) bond motifs is 2. The van der Waals surface area contributed by atoms with E-state index >= 15 is 0 Å². The number of hydrogen-bond acceptors (Lipinski definition) is 5. The number of ketones is 1. The van der Waals surface area contributed by atoms with E-state index in [0.717, 1.165) is 0 Å². The lowest BCUT2D eigenvalue weighted by Gasteiger charge is -2.37. The molecule has 3 aliphatic rings. The highest BCUT2D eigenvalue weighted by Gasteiger charge is 2.59. The third-order valence-electron chi connectivity index (χ3n) is 3.28. The van der Waals surface area contributed by atoms with Crippen LogP contribution in [-0.4, -0.2) is 46.0 Å². The van der Waals surface area contributed by atoms with E-state index in [9.17, 15) is 15.0 Å². The zero-order valence-corrected chi connectivity index (χ0v) is 9.14. The highest BCUT2D eigenvalue weighted by molar-refractivity contribution is 5.99. The Morgan fingerprint density at radius 1 is 1.38 bits per heavy atom. The lowest BCUT2D eigenvalue weighted by atomic mass is 9.84. The smallest absolute Gasteiger partial charge is 0.169 e. The van der Waals surface area contributed by atoms with E-state index in [4.69, 9.17) is 9.47 Å². The molecule has 3 rings (SSSR count). The van der Waals surface area contributed by atoms with Crippen LogP contribution in [0.25, 0.3) is 0 Å². The molecule has 5 heteroatoms. The van der Waals surface area contributed by atoms with Crippen molar-refractivity contribution in [2.45, 2.75) is 50.3 Å². The van der Waals surface area contributed by atoms with Crippen molar-refractivity contribution in [1.82, 2.24) is 0 Å². The van der Waals surface area contributed by atoms with Gasteiger partial charge in [-0.05, 0) is 13.8 Å². The molecule has 0 aromatic carbocycles. The van der Waals surface area contributed by atoms with Gasteiger partial charge in [-0.15, -0.1) is 0 Å². The van der Waals surface area contributed by atoms with Crippen LogP contribution < -0.4 is 0 Å². The predicted octanol–water partition coefficient (Wildman–Crippen LogP) is -0.489. The molecule has 0 aromatic heterocycles. The van der Waals surface area contributed by atoms with Crippen molar-refractivity contribution in [2.75, 3.05) is 0 Å². The monoisotopic (exact) mass is 226 g/mol. The van der Waals surface area contributed by atoms with E-state index in [1.54, 1.807) is 13.8 Å². The van der Waals surface area contributed by atoms with E-state index in [2.05, 4.69) is 0 Å². The van der Waals surface area contributed by atoms with Crippen LogP contribution in [0.4, 0.5) is 0 Å². The lowest BCUT2D eigenvalue weighted by Crippen LogP contribution is -2.46. The van der Waals surface area contributed by atoms with Crippen molar-refractivity contribution in [3.05, 3.63) is 11.3 Å². The summed E-state index contributed by atoms with van der Waals surface area (Å²) in [5, 5.41) is 19.5. The fourth-order valence-corrected chi connectivity index (χ4v) is 2.48. The van der Waals surface area contributed by atoms with E-state index < -0.39 is 23.9 Å². The zero-order chi connectivity index (χ0) is 11.7. The molecule has 4 atom stereocenters. The van der Waals surface area contributed by atoms with Crippen LogP contribution in [0.3, 0.4) is 0 Å². The molecule has 0 saturated carbocycles. The third kappa shape index (κ3) is 1.25. The van der Waals surface area contributed by atoms with Gasteiger partial charge >= 0.3 is 0 Å². The Morgan fingerprint density at radius 2 is 2.06 bits per heavy atom. The molecule has 0 amide bonds. The second-order valence-electron chi connectivity index (χ2n) is 5.20. The maximum absolute atomic E-state index is 11.9. The van der Waals surface area contributed by atoms with Crippen molar-refractivity contribution in [2.24, 2.45) is 0 Å². The molecule has 0 radical (unpaired) electrons. The molecular formula is C11H14O5.